The molecule has 3 aliphatic heterocycles. The standard InChI is InChI=1S/C35H42N4O6/c1-43-31-18-23-13-14-33(41)39-21-24-17-27(29(39)11-6-12-32(40)36-15-7-10-26(16-23)34(31)44-2)22-38(20-24)35(42)28-19-30(45-37-28)25-8-4-3-5-9-25/h3-5,8-9,16,18-19,24,27,29H,6-7,10-15,17,20-22H2,1-2H3,(H,36,40)/t24-,27+,29-/m0/s1. The molecule has 0 saturated carbocycles. The van der Waals surface area contributed by atoms with Gasteiger partial charge in [0.1, 0.15) is 0 Å². The Morgan fingerprint density at radius 2 is 1.80 bits per heavy atom. The van der Waals surface area contributed by atoms with Crippen LogP contribution in [0.25, 0.3) is 11.3 Å². The quantitative estimate of drug-likeness (QED) is 0.460. The van der Waals surface area contributed by atoms with Crippen LogP contribution in [0.5, 0.6) is 11.5 Å². The molecule has 3 atom stereocenters. The number of nitrogens with zero attached hydrogens (tertiary/aromatic N) is 3. The summed E-state index contributed by atoms with van der Waals surface area (Å²) < 4.78 is 16.8. The maximum absolute atomic E-state index is 13.9. The summed E-state index contributed by atoms with van der Waals surface area (Å²) in [6.07, 6.45) is 5.26. The summed E-state index contributed by atoms with van der Waals surface area (Å²) in [5.41, 5.74) is 3.21. The zero-order chi connectivity index (χ0) is 31.3. The number of hydrogen-bond acceptors (Lipinski definition) is 7. The minimum Gasteiger partial charge on any atom is -0.493 e. The molecule has 2 fully saturated rings. The Morgan fingerprint density at radius 3 is 2.60 bits per heavy atom. The van der Waals surface area contributed by atoms with Crippen molar-refractivity contribution in [1.29, 1.82) is 0 Å². The Bertz CT molecular complexity index is 1520. The lowest BCUT2D eigenvalue weighted by Gasteiger charge is -2.51. The molecule has 2 aromatic carbocycles. The van der Waals surface area contributed by atoms with Crippen LogP contribution in [0.3, 0.4) is 0 Å². The first-order valence-corrected chi connectivity index (χ1v) is 16.0. The van der Waals surface area contributed by atoms with Crippen LogP contribution in [0.2, 0.25) is 0 Å². The van der Waals surface area contributed by atoms with Gasteiger partial charge in [-0.2, -0.15) is 0 Å². The maximum Gasteiger partial charge on any atom is 0.276 e. The molecule has 10 nitrogen and oxygen atoms in total. The van der Waals surface area contributed by atoms with E-state index in [4.69, 9.17) is 14.0 Å². The number of amides is 3. The van der Waals surface area contributed by atoms with Gasteiger partial charge in [0.15, 0.2) is 23.0 Å². The first-order valence-electron chi connectivity index (χ1n) is 16.0. The number of likely N-dealkylation sites (tertiary alicyclic amines) is 1. The summed E-state index contributed by atoms with van der Waals surface area (Å²) in [5.74, 6) is 2.21. The molecule has 3 aromatic rings. The van der Waals surface area contributed by atoms with Crippen molar-refractivity contribution in [1.82, 2.24) is 20.3 Å². The molecule has 0 radical (unpaired) electrons. The van der Waals surface area contributed by atoms with Crippen LogP contribution < -0.4 is 14.8 Å². The molecule has 4 bridgehead atoms. The molecule has 45 heavy (non-hydrogen) atoms. The van der Waals surface area contributed by atoms with Gasteiger partial charge in [-0.05, 0) is 67.6 Å². The van der Waals surface area contributed by atoms with Gasteiger partial charge in [0.05, 0.1) is 14.2 Å². The van der Waals surface area contributed by atoms with Gasteiger partial charge in [0.2, 0.25) is 11.8 Å². The van der Waals surface area contributed by atoms with E-state index in [-0.39, 0.29) is 35.6 Å². The Kier molecular flexibility index (Phi) is 9.37. The number of carbonyl (C=O) groups is 3. The SMILES string of the molecule is COc1cc2cc(c1OC)CCCNC(=O)CCC[C@H]1[C@@H]3C[C@@H](CN(C(=O)c4cc(-c5ccccc5)on4)C3)CN1C(=O)CC2. The Morgan fingerprint density at radius 1 is 0.956 bits per heavy atom. The molecular formula is C35H42N4O6. The highest BCUT2D eigenvalue weighted by Crippen LogP contribution is 2.38. The normalized spacial score (nSPS) is 22.8. The van der Waals surface area contributed by atoms with Gasteiger partial charge in [0, 0.05) is 56.7 Å². The first kappa shape index (κ1) is 30.7. The molecule has 3 aliphatic rings. The summed E-state index contributed by atoms with van der Waals surface area (Å²) in [5, 5.41) is 7.16. The number of hydrogen-bond donors (Lipinski definition) is 1. The summed E-state index contributed by atoms with van der Waals surface area (Å²) in [6.45, 7) is 2.29. The lowest BCUT2D eigenvalue weighted by Crippen LogP contribution is -2.60. The van der Waals surface area contributed by atoms with Crippen LogP contribution in [0.1, 0.15) is 60.1 Å². The van der Waals surface area contributed by atoms with Gasteiger partial charge in [-0.1, -0.05) is 41.6 Å². The summed E-state index contributed by atoms with van der Waals surface area (Å²) in [7, 11) is 3.26. The number of ether oxygens (including phenoxy) is 2. The highest BCUT2D eigenvalue weighted by atomic mass is 16.5. The van der Waals surface area contributed by atoms with Crippen molar-refractivity contribution < 1.29 is 28.4 Å². The third kappa shape index (κ3) is 6.84. The van der Waals surface area contributed by atoms with Gasteiger partial charge in [-0.25, -0.2) is 0 Å². The van der Waals surface area contributed by atoms with E-state index in [0.29, 0.717) is 74.8 Å². The van der Waals surface area contributed by atoms with Crippen LogP contribution >= 0.6 is 0 Å². The number of rotatable bonds is 4. The third-order valence-corrected chi connectivity index (χ3v) is 9.46. The molecule has 238 valence electrons. The van der Waals surface area contributed by atoms with Gasteiger partial charge in [-0.3, -0.25) is 14.4 Å². The van der Waals surface area contributed by atoms with Crippen LogP contribution in [-0.2, 0) is 22.4 Å². The molecular weight excluding hydrogens is 572 g/mol. The van der Waals surface area contributed by atoms with Gasteiger partial charge in [-0.15, -0.1) is 0 Å². The summed E-state index contributed by atoms with van der Waals surface area (Å²) >= 11 is 0. The summed E-state index contributed by atoms with van der Waals surface area (Å²) in [4.78, 5) is 44.1. The van der Waals surface area contributed by atoms with Crippen LogP contribution in [0.4, 0.5) is 0 Å². The van der Waals surface area contributed by atoms with Crippen molar-refractivity contribution in [2.24, 2.45) is 11.8 Å². The number of fused-ring (bicyclic) bond motifs is 6. The van der Waals surface area contributed by atoms with E-state index in [0.717, 1.165) is 42.4 Å². The molecule has 6 rings (SSSR count). The second-order valence-corrected chi connectivity index (χ2v) is 12.5. The number of methoxy groups -OCH3 is 2. The van der Waals surface area contributed by atoms with E-state index in [2.05, 4.69) is 21.4 Å². The van der Waals surface area contributed by atoms with E-state index < -0.39 is 0 Å². The molecule has 0 unspecified atom stereocenters. The molecule has 1 aromatic heterocycles. The van der Waals surface area contributed by atoms with Crippen LogP contribution in [0.15, 0.2) is 53.1 Å². The third-order valence-electron chi connectivity index (χ3n) is 9.46. The highest BCUT2D eigenvalue weighted by Gasteiger charge is 2.43. The van der Waals surface area contributed by atoms with E-state index in [1.165, 1.54) is 0 Å². The van der Waals surface area contributed by atoms with Crippen molar-refractivity contribution in [3.05, 3.63) is 65.4 Å². The van der Waals surface area contributed by atoms with Gasteiger partial charge in [0.25, 0.3) is 5.91 Å². The molecule has 3 amide bonds. The second-order valence-electron chi connectivity index (χ2n) is 12.5. The smallest absolute Gasteiger partial charge is 0.276 e. The fraction of sp³-hybridized carbons (Fsp3) is 0.486. The Balaban J connectivity index is 1.20. The summed E-state index contributed by atoms with van der Waals surface area (Å²) in [6, 6.07) is 15.3. The number of aryl methyl sites for hydroxylation is 2. The minimum absolute atomic E-state index is 0.0210. The number of carbonyl (C=O) groups excluding carboxylic acids is 3. The fourth-order valence-corrected chi connectivity index (χ4v) is 7.34. The number of benzene rings is 2. The largest absolute Gasteiger partial charge is 0.493 e. The fourth-order valence-electron chi connectivity index (χ4n) is 7.34. The molecule has 10 heteroatoms. The molecule has 0 aliphatic carbocycles. The topological polar surface area (TPSA) is 114 Å². The average Bonchev–Trinajstić information content (AvgIpc) is 3.56. The van der Waals surface area contributed by atoms with Gasteiger partial charge < -0.3 is 29.1 Å². The van der Waals surface area contributed by atoms with Crippen LogP contribution in [0, 0.1) is 11.8 Å². The molecule has 1 N–H and O–H groups in total. The van der Waals surface area contributed by atoms with E-state index in [9.17, 15) is 14.4 Å². The molecule has 2 saturated heterocycles. The average molecular weight is 615 g/mol. The van der Waals surface area contributed by atoms with Gasteiger partial charge >= 0.3 is 0 Å². The van der Waals surface area contributed by atoms with Crippen LogP contribution in [-0.4, -0.2) is 79.1 Å². The second kappa shape index (κ2) is 13.7. The lowest BCUT2D eigenvalue weighted by molar-refractivity contribution is -0.140. The zero-order valence-corrected chi connectivity index (χ0v) is 26.1. The van der Waals surface area contributed by atoms with E-state index >= 15 is 0 Å². The monoisotopic (exact) mass is 614 g/mol. The predicted molar refractivity (Wildman–Crippen MR) is 168 cm³/mol. The maximum atomic E-state index is 13.9. The van der Waals surface area contributed by atoms with Crippen molar-refractivity contribution in [3.8, 4) is 22.8 Å². The van der Waals surface area contributed by atoms with Crippen molar-refractivity contribution in [2.75, 3.05) is 40.4 Å². The highest BCUT2D eigenvalue weighted by molar-refractivity contribution is 5.93. The first-order chi connectivity index (χ1) is 21.9. The van der Waals surface area contributed by atoms with Crippen molar-refractivity contribution in [2.45, 2.75) is 57.4 Å². The van der Waals surface area contributed by atoms with E-state index in [1.807, 2.05) is 41.3 Å². The Hall–Kier alpha value is -4.34. The van der Waals surface area contributed by atoms with Crippen molar-refractivity contribution in [3.63, 3.8) is 0 Å². The zero-order valence-electron chi connectivity index (χ0n) is 26.1. The Labute approximate surface area is 264 Å². The lowest BCUT2D eigenvalue weighted by atomic mass is 9.77. The number of piperidine rings is 2. The van der Waals surface area contributed by atoms with E-state index in [1.54, 1.807) is 20.3 Å². The predicted octanol–water partition coefficient (Wildman–Crippen LogP) is 4.51. The van der Waals surface area contributed by atoms with Crippen molar-refractivity contribution >= 4 is 17.7 Å². The number of aromatic nitrogens is 1. The minimum atomic E-state index is -0.146. The molecule has 0 spiro atoms. The number of nitrogens with one attached hydrogen (secondary N) is 1. The molecule has 4 heterocycles.